The molecule has 0 N–H and O–H groups in total. The first-order valence-electron chi connectivity index (χ1n) is 4.94. The molecule has 2 aromatic rings. The van der Waals surface area contributed by atoms with Crippen LogP contribution in [0.15, 0.2) is 24.3 Å². The lowest BCUT2D eigenvalue weighted by Crippen LogP contribution is -2.08. The Morgan fingerprint density at radius 1 is 0.526 bits per heavy atom. The van der Waals surface area contributed by atoms with Crippen molar-refractivity contribution in [1.29, 1.82) is 0 Å². The van der Waals surface area contributed by atoms with Crippen LogP contribution in [0.1, 0.15) is 0 Å². The summed E-state index contributed by atoms with van der Waals surface area (Å²) in [6, 6.07) is 6.54. The number of hydrogen-bond acceptors (Lipinski definition) is 0. The van der Waals surface area contributed by atoms with Crippen molar-refractivity contribution in [3.05, 3.63) is 54.4 Å². The van der Waals surface area contributed by atoms with E-state index in [0.29, 0.717) is 30.1 Å². The number of hydrogen-bond donors (Lipinski definition) is 0. The van der Waals surface area contributed by atoms with Gasteiger partial charge in [0.05, 0.1) is 20.1 Å². The Labute approximate surface area is 142 Å². The third kappa shape index (κ3) is 3.83. The van der Waals surface area contributed by atoms with E-state index >= 15 is 0 Å². The zero-order valence-electron chi connectivity index (χ0n) is 9.08. The summed E-state index contributed by atoms with van der Waals surface area (Å²) in [7, 11) is 0.120. The van der Waals surface area contributed by atoms with E-state index in [0.717, 1.165) is 10.6 Å². The van der Waals surface area contributed by atoms with Gasteiger partial charge in [-0.3, -0.25) is 0 Å². The van der Waals surface area contributed by atoms with Crippen molar-refractivity contribution in [3.63, 3.8) is 0 Å². The lowest BCUT2D eigenvalue weighted by molar-refractivity contribution is 1.75. The molecule has 0 saturated carbocycles. The van der Waals surface area contributed by atoms with Crippen LogP contribution >= 0.6 is 78.2 Å². The van der Waals surface area contributed by atoms with E-state index in [1.165, 1.54) is 0 Å². The van der Waals surface area contributed by atoms with Gasteiger partial charge < -0.3 is 0 Å². The molecule has 2 aromatic carbocycles. The normalized spacial score (nSPS) is 10.8. The molecule has 0 unspecified atom stereocenters. The molecule has 100 valence electrons. The Bertz CT molecular complexity index is 539. The SMILES string of the molecule is Clc1cc(Cl)c(Pc2c(Cl)cc(Cl)cc2Cl)c(Cl)c1. The van der Waals surface area contributed by atoms with Crippen LogP contribution in [0, 0.1) is 0 Å². The van der Waals surface area contributed by atoms with Crippen LogP contribution < -0.4 is 10.6 Å². The molecule has 0 aliphatic carbocycles. The average Bonchev–Trinajstić information content (AvgIpc) is 2.25. The molecule has 0 nitrogen and oxygen atoms in total. The molecule has 7 heteroatoms. The van der Waals surface area contributed by atoms with E-state index in [9.17, 15) is 0 Å². The van der Waals surface area contributed by atoms with E-state index in [2.05, 4.69) is 0 Å². The van der Waals surface area contributed by atoms with Gasteiger partial charge in [0.1, 0.15) is 0 Å². The fourth-order valence-corrected chi connectivity index (χ4v) is 4.67. The zero-order chi connectivity index (χ0) is 14.2. The van der Waals surface area contributed by atoms with Gasteiger partial charge in [-0.1, -0.05) is 78.2 Å². The molecule has 0 fully saturated rings. The molecule has 2 rings (SSSR count). The molecule has 0 saturated heterocycles. The van der Waals surface area contributed by atoms with Crippen molar-refractivity contribution < 1.29 is 0 Å². The molecule has 0 bridgehead atoms. The maximum absolute atomic E-state index is 6.15. The Balaban J connectivity index is 2.48. The third-order valence-corrected chi connectivity index (χ3v) is 6.10. The van der Waals surface area contributed by atoms with E-state index in [4.69, 9.17) is 69.6 Å². The smallest absolute Gasteiger partial charge is 0.0513 e. The second-order valence-electron chi connectivity index (χ2n) is 3.61. The van der Waals surface area contributed by atoms with Gasteiger partial charge in [0, 0.05) is 20.7 Å². The molecule has 0 amide bonds. The van der Waals surface area contributed by atoms with Gasteiger partial charge >= 0.3 is 0 Å². The molecule has 0 atom stereocenters. The van der Waals surface area contributed by atoms with Crippen LogP contribution in [0.4, 0.5) is 0 Å². The summed E-state index contributed by atoms with van der Waals surface area (Å²) in [5.74, 6) is 0. The first-order valence-corrected chi connectivity index (χ1v) is 8.21. The zero-order valence-corrected chi connectivity index (χ0v) is 14.6. The van der Waals surface area contributed by atoms with Crippen LogP contribution in [0.5, 0.6) is 0 Å². The average molecular weight is 393 g/mol. The molecule has 0 radical (unpaired) electrons. The van der Waals surface area contributed by atoms with Crippen LogP contribution in [0.2, 0.25) is 30.1 Å². The van der Waals surface area contributed by atoms with Crippen molar-refractivity contribution in [2.45, 2.75) is 0 Å². The Morgan fingerprint density at radius 2 is 0.789 bits per heavy atom. The molecule has 0 heterocycles. The van der Waals surface area contributed by atoms with Gasteiger partial charge in [0.25, 0.3) is 0 Å². The minimum Gasteiger partial charge on any atom is -0.0842 e. The lowest BCUT2D eigenvalue weighted by Gasteiger charge is -2.11. The predicted octanol–water partition coefficient (Wildman–Crippen LogP) is 6.24. The van der Waals surface area contributed by atoms with Crippen molar-refractivity contribution >= 4 is 88.8 Å². The molecule has 0 aliphatic heterocycles. The second kappa shape index (κ2) is 6.58. The maximum atomic E-state index is 6.15. The van der Waals surface area contributed by atoms with Gasteiger partial charge in [0.15, 0.2) is 0 Å². The summed E-state index contributed by atoms with van der Waals surface area (Å²) in [4.78, 5) is 0. The Kier molecular flexibility index (Phi) is 5.54. The summed E-state index contributed by atoms with van der Waals surface area (Å²) in [6.45, 7) is 0. The molecular formula is C12H5Cl6P. The summed E-state index contributed by atoms with van der Waals surface area (Å²) in [6.07, 6.45) is 0. The highest BCUT2D eigenvalue weighted by Crippen LogP contribution is 2.32. The van der Waals surface area contributed by atoms with Crippen molar-refractivity contribution in [2.75, 3.05) is 0 Å². The van der Waals surface area contributed by atoms with Gasteiger partial charge in [-0.15, -0.1) is 0 Å². The predicted molar refractivity (Wildman–Crippen MR) is 90.5 cm³/mol. The summed E-state index contributed by atoms with van der Waals surface area (Å²) in [5, 5.41) is 4.40. The highest BCUT2D eigenvalue weighted by molar-refractivity contribution is 7.56. The quantitative estimate of drug-likeness (QED) is 0.531. The van der Waals surface area contributed by atoms with Crippen LogP contribution in [-0.4, -0.2) is 0 Å². The fourth-order valence-electron chi connectivity index (χ4n) is 1.45. The third-order valence-electron chi connectivity index (χ3n) is 2.26. The van der Waals surface area contributed by atoms with Crippen LogP contribution in [0.3, 0.4) is 0 Å². The largest absolute Gasteiger partial charge is 0.0842 e. The fraction of sp³-hybridized carbons (Fsp3) is 0. The summed E-state index contributed by atoms with van der Waals surface area (Å²) >= 11 is 36.3. The van der Waals surface area contributed by atoms with Crippen molar-refractivity contribution in [1.82, 2.24) is 0 Å². The van der Waals surface area contributed by atoms with Crippen LogP contribution in [-0.2, 0) is 0 Å². The molecule has 0 aliphatic rings. The minimum atomic E-state index is 0.120. The highest BCUT2D eigenvalue weighted by atomic mass is 35.5. The second-order valence-corrected chi connectivity index (χ2v) is 7.37. The maximum Gasteiger partial charge on any atom is 0.0513 e. The van der Waals surface area contributed by atoms with Crippen molar-refractivity contribution in [2.24, 2.45) is 0 Å². The number of benzene rings is 2. The van der Waals surface area contributed by atoms with E-state index in [-0.39, 0.29) is 8.58 Å². The topological polar surface area (TPSA) is 0 Å². The molecular weight excluding hydrogens is 388 g/mol. The van der Waals surface area contributed by atoms with Gasteiger partial charge in [0.2, 0.25) is 0 Å². The Hall–Kier alpha value is 0.610. The van der Waals surface area contributed by atoms with E-state index < -0.39 is 0 Å². The molecule has 0 aromatic heterocycles. The standard InChI is InChI=1S/C12H5Cl6P/c13-5-1-7(15)11(8(16)2-5)19-12-9(17)3-6(14)4-10(12)18/h1-4,19H. The van der Waals surface area contributed by atoms with Gasteiger partial charge in [-0.05, 0) is 24.3 Å². The summed E-state index contributed by atoms with van der Waals surface area (Å²) in [5.41, 5.74) is 0. The van der Waals surface area contributed by atoms with Gasteiger partial charge in [-0.2, -0.15) is 0 Å². The molecule has 0 spiro atoms. The number of halogens is 6. The lowest BCUT2D eigenvalue weighted by atomic mass is 10.3. The molecule has 19 heavy (non-hydrogen) atoms. The van der Waals surface area contributed by atoms with E-state index in [1.807, 2.05) is 0 Å². The number of rotatable bonds is 2. The first kappa shape index (κ1) is 16.0. The van der Waals surface area contributed by atoms with Crippen molar-refractivity contribution in [3.8, 4) is 0 Å². The van der Waals surface area contributed by atoms with E-state index in [1.54, 1.807) is 24.3 Å². The minimum absolute atomic E-state index is 0.120. The van der Waals surface area contributed by atoms with Crippen LogP contribution in [0.25, 0.3) is 0 Å². The summed E-state index contributed by atoms with van der Waals surface area (Å²) < 4.78 is 0. The monoisotopic (exact) mass is 390 g/mol. The van der Waals surface area contributed by atoms with Gasteiger partial charge in [-0.25, -0.2) is 0 Å². The highest BCUT2D eigenvalue weighted by Gasteiger charge is 2.14. The Morgan fingerprint density at radius 3 is 1.05 bits per heavy atom. The first-order chi connectivity index (χ1) is 8.88.